The summed E-state index contributed by atoms with van der Waals surface area (Å²) >= 11 is 0. The van der Waals surface area contributed by atoms with Crippen LogP contribution in [0.3, 0.4) is 0 Å². The molecule has 4 rings (SSSR count). The zero-order chi connectivity index (χ0) is 17.4. The van der Waals surface area contributed by atoms with E-state index in [1.54, 1.807) is 0 Å². The molecule has 3 aromatic heterocycles. The number of fused-ring (bicyclic) bond motifs is 1. The van der Waals surface area contributed by atoms with Crippen LogP contribution < -0.4 is 0 Å². The fourth-order valence-electron chi connectivity index (χ4n) is 2.64. The highest BCUT2D eigenvalue weighted by Crippen LogP contribution is 2.25. The molecule has 4 aromatic rings. The first kappa shape index (κ1) is 15.1. The van der Waals surface area contributed by atoms with Gasteiger partial charge in [-0.2, -0.15) is 4.98 Å². The van der Waals surface area contributed by atoms with E-state index in [0.717, 1.165) is 16.6 Å². The first-order valence-electron chi connectivity index (χ1n) is 7.51. The number of hydrogen-bond acceptors (Lipinski definition) is 7. The fourth-order valence-corrected chi connectivity index (χ4v) is 2.64. The average Bonchev–Trinajstić information content (AvgIpc) is 3.35. The molecule has 9 nitrogen and oxygen atoms in total. The Hall–Kier alpha value is -3.49. The molecule has 1 aromatic carbocycles. The highest BCUT2D eigenvalue weighted by molar-refractivity contribution is 5.86. The van der Waals surface area contributed by atoms with Crippen molar-refractivity contribution >= 4 is 16.9 Å². The van der Waals surface area contributed by atoms with E-state index in [1.165, 1.54) is 18.0 Å². The normalized spacial score (nSPS) is 11.1. The number of ether oxygens (including phenoxy) is 1. The molecule has 9 heteroatoms. The van der Waals surface area contributed by atoms with E-state index in [-0.39, 0.29) is 12.2 Å². The van der Waals surface area contributed by atoms with Crippen LogP contribution in [0.15, 0.2) is 41.1 Å². The second kappa shape index (κ2) is 5.86. The van der Waals surface area contributed by atoms with Gasteiger partial charge in [-0.25, -0.2) is 9.48 Å². The van der Waals surface area contributed by atoms with Crippen LogP contribution in [0.5, 0.6) is 0 Å². The maximum atomic E-state index is 11.4. The van der Waals surface area contributed by atoms with Gasteiger partial charge in [0, 0.05) is 18.0 Å². The minimum absolute atomic E-state index is 0.125. The standard InChI is InChI=1S/C16H14N6O3/c1-21-12-6-4-3-5-10(12)7-13(21)15-17-14(19-25-15)9-22-8-11(18-20-22)16(23)24-2/h3-8H,9H2,1-2H3. The van der Waals surface area contributed by atoms with Gasteiger partial charge in [0.2, 0.25) is 0 Å². The number of esters is 1. The molecule has 25 heavy (non-hydrogen) atoms. The number of rotatable bonds is 4. The minimum atomic E-state index is -0.546. The Bertz CT molecular complexity index is 1060. The van der Waals surface area contributed by atoms with Crippen LogP contribution in [0.2, 0.25) is 0 Å². The summed E-state index contributed by atoms with van der Waals surface area (Å²) in [6.45, 7) is 0.234. The molecular formula is C16H14N6O3. The maximum absolute atomic E-state index is 11.4. The van der Waals surface area contributed by atoms with Gasteiger partial charge in [-0.3, -0.25) is 0 Å². The van der Waals surface area contributed by atoms with Crippen LogP contribution in [-0.4, -0.2) is 42.8 Å². The minimum Gasteiger partial charge on any atom is -0.464 e. The molecule has 0 aliphatic heterocycles. The summed E-state index contributed by atoms with van der Waals surface area (Å²) in [4.78, 5) is 15.8. The molecule has 0 spiro atoms. The molecule has 0 saturated carbocycles. The molecule has 0 amide bonds. The van der Waals surface area contributed by atoms with Crippen molar-refractivity contribution in [3.8, 4) is 11.6 Å². The van der Waals surface area contributed by atoms with E-state index in [1.807, 2.05) is 41.9 Å². The van der Waals surface area contributed by atoms with Crippen LogP contribution in [0.4, 0.5) is 0 Å². The molecule has 126 valence electrons. The number of aryl methyl sites for hydroxylation is 1. The lowest BCUT2D eigenvalue weighted by molar-refractivity contribution is 0.0594. The second-order valence-electron chi connectivity index (χ2n) is 5.46. The number of carbonyl (C=O) groups is 1. The highest BCUT2D eigenvalue weighted by atomic mass is 16.5. The maximum Gasteiger partial charge on any atom is 0.360 e. The van der Waals surface area contributed by atoms with E-state index in [4.69, 9.17) is 4.52 Å². The zero-order valence-electron chi connectivity index (χ0n) is 13.6. The van der Waals surface area contributed by atoms with Crippen molar-refractivity contribution in [3.63, 3.8) is 0 Å². The SMILES string of the molecule is COC(=O)c1cn(Cc2noc(-c3cc4ccccc4n3C)n2)nn1. The van der Waals surface area contributed by atoms with Crippen molar-refractivity contribution in [2.75, 3.05) is 7.11 Å². The number of methoxy groups -OCH3 is 1. The molecule has 0 saturated heterocycles. The number of para-hydroxylation sites is 1. The summed E-state index contributed by atoms with van der Waals surface area (Å²) in [5.41, 5.74) is 2.03. The van der Waals surface area contributed by atoms with Crippen molar-refractivity contribution in [2.24, 2.45) is 7.05 Å². The van der Waals surface area contributed by atoms with E-state index in [9.17, 15) is 4.79 Å². The molecule has 0 unspecified atom stereocenters. The first-order chi connectivity index (χ1) is 12.2. The van der Waals surface area contributed by atoms with Gasteiger partial charge >= 0.3 is 5.97 Å². The summed E-state index contributed by atoms with van der Waals surface area (Å²) in [5, 5.41) is 12.7. The lowest BCUT2D eigenvalue weighted by Gasteiger charge is -1.98. The molecule has 0 aliphatic rings. The third-order valence-corrected chi connectivity index (χ3v) is 3.88. The third kappa shape index (κ3) is 2.65. The highest BCUT2D eigenvalue weighted by Gasteiger charge is 2.16. The largest absolute Gasteiger partial charge is 0.464 e. The van der Waals surface area contributed by atoms with Crippen molar-refractivity contribution in [1.82, 2.24) is 29.7 Å². The Balaban J connectivity index is 1.60. The van der Waals surface area contributed by atoms with Crippen LogP contribution >= 0.6 is 0 Å². The Morgan fingerprint density at radius 3 is 2.96 bits per heavy atom. The van der Waals surface area contributed by atoms with Crippen molar-refractivity contribution in [1.29, 1.82) is 0 Å². The van der Waals surface area contributed by atoms with Crippen molar-refractivity contribution in [2.45, 2.75) is 6.54 Å². The number of nitrogens with zero attached hydrogens (tertiary/aromatic N) is 6. The summed E-state index contributed by atoms with van der Waals surface area (Å²) in [6.07, 6.45) is 1.47. The topological polar surface area (TPSA) is 101 Å². The first-order valence-corrected chi connectivity index (χ1v) is 7.51. The monoisotopic (exact) mass is 338 g/mol. The quantitative estimate of drug-likeness (QED) is 0.521. The Morgan fingerprint density at radius 1 is 1.32 bits per heavy atom. The molecule has 0 fully saturated rings. The summed E-state index contributed by atoms with van der Waals surface area (Å²) in [6, 6.07) is 10.0. The number of aromatic nitrogens is 6. The van der Waals surface area contributed by atoms with E-state index in [0.29, 0.717) is 11.7 Å². The van der Waals surface area contributed by atoms with E-state index in [2.05, 4.69) is 25.2 Å². The Morgan fingerprint density at radius 2 is 2.16 bits per heavy atom. The lowest BCUT2D eigenvalue weighted by atomic mass is 10.2. The molecule has 0 bridgehead atoms. The Labute approximate surface area is 141 Å². The van der Waals surface area contributed by atoms with Crippen LogP contribution in [0.1, 0.15) is 16.3 Å². The average molecular weight is 338 g/mol. The zero-order valence-corrected chi connectivity index (χ0v) is 13.6. The van der Waals surface area contributed by atoms with Crippen LogP contribution in [0.25, 0.3) is 22.5 Å². The van der Waals surface area contributed by atoms with Gasteiger partial charge in [0.1, 0.15) is 12.2 Å². The van der Waals surface area contributed by atoms with E-state index >= 15 is 0 Å². The smallest absolute Gasteiger partial charge is 0.360 e. The van der Waals surface area contributed by atoms with Crippen LogP contribution in [-0.2, 0) is 18.3 Å². The van der Waals surface area contributed by atoms with Gasteiger partial charge in [0.05, 0.1) is 13.3 Å². The fraction of sp³-hybridized carbons (Fsp3) is 0.188. The predicted octanol–water partition coefficient (Wildman–Crippen LogP) is 1.65. The van der Waals surface area contributed by atoms with Crippen LogP contribution in [0, 0.1) is 0 Å². The number of benzene rings is 1. The van der Waals surface area contributed by atoms with Gasteiger partial charge < -0.3 is 13.8 Å². The van der Waals surface area contributed by atoms with Gasteiger partial charge in [-0.15, -0.1) is 5.10 Å². The van der Waals surface area contributed by atoms with Crippen molar-refractivity contribution in [3.05, 3.63) is 48.0 Å². The molecule has 0 atom stereocenters. The van der Waals surface area contributed by atoms with Gasteiger partial charge in [-0.1, -0.05) is 28.6 Å². The van der Waals surface area contributed by atoms with Crippen molar-refractivity contribution < 1.29 is 14.1 Å². The molecular weight excluding hydrogens is 324 g/mol. The molecule has 0 aliphatic carbocycles. The predicted molar refractivity (Wildman–Crippen MR) is 86.7 cm³/mol. The van der Waals surface area contributed by atoms with Gasteiger partial charge in [0.25, 0.3) is 5.89 Å². The lowest BCUT2D eigenvalue weighted by Crippen LogP contribution is -2.03. The van der Waals surface area contributed by atoms with E-state index < -0.39 is 5.97 Å². The molecule has 3 heterocycles. The van der Waals surface area contributed by atoms with Gasteiger partial charge in [0.15, 0.2) is 11.5 Å². The summed E-state index contributed by atoms with van der Waals surface area (Å²) in [5.74, 6) is 0.305. The Kier molecular flexibility index (Phi) is 3.53. The third-order valence-electron chi connectivity index (χ3n) is 3.88. The second-order valence-corrected chi connectivity index (χ2v) is 5.46. The summed E-state index contributed by atoms with van der Waals surface area (Å²) < 4.78 is 13.4. The van der Waals surface area contributed by atoms with Gasteiger partial charge in [-0.05, 0) is 12.1 Å². The number of hydrogen-bond donors (Lipinski definition) is 0. The number of carbonyl (C=O) groups excluding carboxylic acids is 1. The summed E-state index contributed by atoms with van der Waals surface area (Å²) in [7, 11) is 3.23. The molecule has 0 N–H and O–H groups in total. The molecule has 0 radical (unpaired) electrons.